The van der Waals surface area contributed by atoms with Gasteiger partial charge < -0.3 is 10.2 Å². The fraction of sp³-hybridized carbons (Fsp3) is 0.226. The second-order valence-electron chi connectivity index (χ2n) is 10.5. The largest absolute Gasteiger partial charge is 0.324 e. The van der Waals surface area contributed by atoms with Gasteiger partial charge in [0.15, 0.2) is 0 Å². The first kappa shape index (κ1) is 28.2. The van der Waals surface area contributed by atoms with Crippen molar-refractivity contribution in [2.75, 3.05) is 25.5 Å². The summed E-state index contributed by atoms with van der Waals surface area (Å²) >= 11 is 3.36. The highest BCUT2D eigenvalue weighted by molar-refractivity contribution is 9.10. The molecule has 42 heavy (non-hydrogen) atoms. The lowest BCUT2D eigenvalue weighted by molar-refractivity contribution is 0.251. The molecule has 0 spiro atoms. The Morgan fingerprint density at radius 2 is 1.81 bits per heavy atom. The van der Waals surface area contributed by atoms with E-state index in [0.717, 1.165) is 18.8 Å². The summed E-state index contributed by atoms with van der Waals surface area (Å²) in [6, 6.07) is 19.6. The molecule has 9 nitrogen and oxygen atoms in total. The maximum atomic E-state index is 13.3. The van der Waals surface area contributed by atoms with Gasteiger partial charge >= 0.3 is 0 Å². The molecule has 0 radical (unpaired) electrons. The van der Waals surface area contributed by atoms with E-state index in [1.165, 1.54) is 47.5 Å². The molecule has 1 N–H and O–H groups in total. The second-order valence-corrected chi connectivity index (χ2v) is 13.3. The summed E-state index contributed by atoms with van der Waals surface area (Å²) in [5.41, 5.74) is 2.96. The summed E-state index contributed by atoms with van der Waals surface area (Å²) in [4.78, 5) is 29.0. The second kappa shape index (κ2) is 11.7. The van der Waals surface area contributed by atoms with Crippen molar-refractivity contribution in [3.63, 3.8) is 0 Å². The number of sulfone groups is 1. The van der Waals surface area contributed by atoms with Gasteiger partial charge in [0, 0.05) is 36.2 Å². The van der Waals surface area contributed by atoms with E-state index in [1.807, 2.05) is 12.1 Å². The van der Waals surface area contributed by atoms with E-state index in [9.17, 15) is 13.2 Å². The molecule has 1 saturated heterocycles. The molecule has 2 aromatic carbocycles. The highest BCUT2D eigenvalue weighted by atomic mass is 79.9. The van der Waals surface area contributed by atoms with Gasteiger partial charge in [0.05, 0.1) is 20.8 Å². The Hall–Kier alpha value is -3.93. The molecule has 6 rings (SSSR count). The van der Waals surface area contributed by atoms with Gasteiger partial charge in [-0.2, -0.15) is 4.98 Å². The van der Waals surface area contributed by atoms with Gasteiger partial charge in [0.2, 0.25) is 15.8 Å². The number of hydrogen-bond donors (Lipinski definition) is 1. The summed E-state index contributed by atoms with van der Waals surface area (Å²) < 4.78 is 28.2. The molecular weight excluding hydrogens is 616 g/mol. The molecule has 0 amide bonds. The predicted molar refractivity (Wildman–Crippen MR) is 166 cm³/mol. The van der Waals surface area contributed by atoms with Crippen LogP contribution in [0.25, 0.3) is 11.0 Å². The Kier molecular flexibility index (Phi) is 7.89. The Morgan fingerprint density at radius 3 is 2.57 bits per heavy atom. The van der Waals surface area contributed by atoms with E-state index in [1.54, 1.807) is 36.5 Å². The van der Waals surface area contributed by atoms with Crippen molar-refractivity contribution in [1.29, 1.82) is 0 Å². The Labute approximate surface area is 252 Å². The third-order valence-corrected chi connectivity index (χ3v) is 9.89. The first-order chi connectivity index (χ1) is 20.3. The van der Waals surface area contributed by atoms with Crippen molar-refractivity contribution in [2.24, 2.45) is 0 Å². The number of benzene rings is 2. The first-order valence-electron chi connectivity index (χ1n) is 13.6. The van der Waals surface area contributed by atoms with Gasteiger partial charge in [-0.1, -0.05) is 24.3 Å². The molecule has 1 unspecified atom stereocenters. The average molecular weight is 646 g/mol. The summed E-state index contributed by atoms with van der Waals surface area (Å²) in [5, 5.41) is 3.93. The van der Waals surface area contributed by atoms with Crippen LogP contribution in [0.15, 0.2) is 104 Å². The lowest BCUT2D eigenvalue weighted by atomic mass is 9.91. The van der Waals surface area contributed by atoms with Crippen molar-refractivity contribution in [1.82, 2.24) is 24.4 Å². The number of fused-ring (bicyclic) bond motifs is 1. The van der Waals surface area contributed by atoms with Crippen LogP contribution >= 0.6 is 15.9 Å². The van der Waals surface area contributed by atoms with Crippen LogP contribution in [0.2, 0.25) is 0 Å². The molecule has 4 heterocycles. The number of nitrogens with zero attached hydrogens (tertiary/aromatic N) is 5. The average Bonchev–Trinajstić information content (AvgIpc) is 3.01. The minimum atomic E-state index is -3.74. The summed E-state index contributed by atoms with van der Waals surface area (Å²) in [7, 11) is -1.58. The number of halogens is 1. The predicted octanol–water partition coefficient (Wildman–Crippen LogP) is 5.38. The Balaban J connectivity index is 1.29. The van der Waals surface area contributed by atoms with E-state index < -0.39 is 9.84 Å². The minimum absolute atomic E-state index is 0.120. The summed E-state index contributed by atoms with van der Waals surface area (Å²) in [5.74, 6) is 0.887. The van der Waals surface area contributed by atoms with Crippen molar-refractivity contribution in [3.05, 3.63) is 111 Å². The number of nitrogens with one attached hydrogen (secondary N) is 1. The maximum Gasteiger partial charge on any atom is 0.266 e. The summed E-state index contributed by atoms with van der Waals surface area (Å²) in [6.07, 6.45) is 6.95. The van der Waals surface area contributed by atoms with E-state index in [4.69, 9.17) is 4.98 Å². The van der Waals surface area contributed by atoms with Crippen LogP contribution < -0.4 is 10.9 Å². The van der Waals surface area contributed by atoms with Crippen LogP contribution in [0.5, 0.6) is 0 Å². The first-order valence-corrected chi connectivity index (χ1v) is 15.9. The number of anilines is 2. The Bertz CT molecular complexity index is 1910. The third-order valence-electron chi connectivity index (χ3n) is 7.56. The third kappa shape index (κ3) is 5.85. The number of piperidine rings is 1. The molecular formula is C31H29BrN6O3S. The van der Waals surface area contributed by atoms with Crippen LogP contribution in [0.4, 0.5) is 11.6 Å². The van der Waals surface area contributed by atoms with E-state index >= 15 is 0 Å². The van der Waals surface area contributed by atoms with Crippen molar-refractivity contribution >= 4 is 48.4 Å². The molecule has 1 aliphatic rings. The molecule has 0 bridgehead atoms. The highest BCUT2D eigenvalue weighted by Gasteiger charge is 2.20. The van der Waals surface area contributed by atoms with Gasteiger partial charge in [0.1, 0.15) is 5.65 Å². The number of rotatable bonds is 7. The molecule has 0 saturated carbocycles. The fourth-order valence-electron chi connectivity index (χ4n) is 5.38. The van der Waals surface area contributed by atoms with Gasteiger partial charge in [-0.15, -0.1) is 0 Å². The zero-order chi connectivity index (χ0) is 29.3. The molecule has 5 aromatic rings. The highest BCUT2D eigenvalue weighted by Crippen LogP contribution is 2.28. The smallest absolute Gasteiger partial charge is 0.266 e. The molecule has 214 valence electrons. The van der Waals surface area contributed by atoms with E-state index in [0.29, 0.717) is 32.9 Å². The number of hydrogen-bond acceptors (Lipinski definition) is 8. The monoisotopic (exact) mass is 644 g/mol. The molecule has 3 aromatic heterocycles. The van der Waals surface area contributed by atoms with Crippen molar-refractivity contribution in [3.8, 4) is 0 Å². The molecule has 1 aliphatic heterocycles. The van der Waals surface area contributed by atoms with Crippen molar-refractivity contribution < 1.29 is 8.42 Å². The van der Waals surface area contributed by atoms with E-state index in [-0.39, 0.29) is 21.9 Å². The molecule has 1 fully saturated rings. The lowest BCUT2D eigenvalue weighted by Gasteiger charge is -2.30. The normalized spacial score (nSPS) is 16.0. The van der Waals surface area contributed by atoms with E-state index in [2.05, 4.69) is 55.3 Å². The lowest BCUT2D eigenvalue weighted by Crippen LogP contribution is -2.30. The zero-order valence-corrected chi connectivity index (χ0v) is 25.3. The van der Waals surface area contributed by atoms with Gasteiger partial charge in [0.25, 0.3) is 5.56 Å². The van der Waals surface area contributed by atoms with Gasteiger partial charge in [-0.25, -0.2) is 13.4 Å². The topological polar surface area (TPSA) is 110 Å². The molecule has 0 aliphatic carbocycles. The Morgan fingerprint density at radius 1 is 1.02 bits per heavy atom. The SMILES string of the molecule is CN1CCCC(c2ccc(Nc3ncc4cc(Br)c(=O)n(Cc5cccc(S(=O)(=O)c6ccncc6)c5)c4n3)cc2)C1. The van der Waals surface area contributed by atoms with Crippen LogP contribution in [-0.4, -0.2) is 53.0 Å². The quantitative estimate of drug-likeness (QED) is 0.251. The van der Waals surface area contributed by atoms with Crippen molar-refractivity contribution in [2.45, 2.75) is 35.1 Å². The van der Waals surface area contributed by atoms with Gasteiger partial charge in [-0.3, -0.25) is 14.3 Å². The zero-order valence-electron chi connectivity index (χ0n) is 22.9. The van der Waals surface area contributed by atoms with Crippen LogP contribution in [0.3, 0.4) is 0 Å². The molecule has 1 atom stereocenters. The number of aromatic nitrogens is 4. The standard InChI is InChI=1S/C31H29BrN6O3S/c1-37-15-3-5-23(20-37)22-7-9-25(10-8-22)35-31-34-18-24-17-28(32)30(39)38(29(24)36-31)19-21-4-2-6-27(16-21)42(40,41)26-11-13-33-14-12-26/h2,4,6-14,16-18,23H,3,5,15,19-20H2,1H3,(H,34,35,36). The van der Waals surface area contributed by atoms with Crippen LogP contribution in [0.1, 0.15) is 29.9 Å². The number of pyridine rings is 2. The molecule has 11 heteroatoms. The fourth-order valence-corrected chi connectivity index (χ4v) is 7.16. The minimum Gasteiger partial charge on any atom is -0.324 e. The number of likely N-dealkylation sites (tertiary alicyclic amines) is 1. The van der Waals surface area contributed by atoms with Crippen LogP contribution in [-0.2, 0) is 16.4 Å². The van der Waals surface area contributed by atoms with Gasteiger partial charge in [-0.05, 0) is 102 Å². The maximum absolute atomic E-state index is 13.3. The van der Waals surface area contributed by atoms with Crippen LogP contribution in [0, 0.1) is 0 Å². The summed E-state index contributed by atoms with van der Waals surface area (Å²) in [6.45, 7) is 2.33. The number of likely N-dealkylation sites (N-methyl/N-ethyl adjacent to an activating group) is 1.